The van der Waals surface area contributed by atoms with Crippen LogP contribution in [0.2, 0.25) is 5.02 Å². The molecular weight excluding hydrogens is 380 g/mol. The average Bonchev–Trinajstić information content (AvgIpc) is 3.14. The number of anilines is 2. The molecule has 7 heteroatoms. The number of aromatic nitrogens is 1. The molecule has 1 fully saturated rings. The minimum atomic E-state index is -0.0745. The number of nitrogens with one attached hydrogen (secondary N) is 1. The van der Waals surface area contributed by atoms with Gasteiger partial charge in [0.1, 0.15) is 0 Å². The Hall–Kier alpha value is -2.31. The molecule has 5 nitrogen and oxygen atoms in total. The Morgan fingerprint density at radius 1 is 1.15 bits per heavy atom. The van der Waals surface area contributed by atoms with E-state index < -0.39 is 0 Å². The zero-order chi connectivity index (χ0) is 18.8. The molecule has 0 spiro atoms. The second-order valence-electron chi connectivity index (χ2n) is 6.53. The molecule has 2 aromatic carbocycles. The number of aryl methyl sites for hydroxylation is 1. The number of urea groups is 1. The Kier molecular flexibility index (Phi) is 5.18. The molecule has 0 bridgehead atoms. The smallest absolute Gasteiger partial charge is 0.321 e. The third-order valence-electron chi connectivity index (χ3n) is 4.81. The molecule has 1 N–H and O–H groups in total. The van der Waals surface area contributed by atoms with Crippen molar-refractivity contribution in [2.45, 2.75) is 13.3 Å². The Morgan fingerprint density at radius 3 is 2.59 bits per heavy atom. The molecule has 4 rings (SSSR count). The fraction of sp³-hybridized carbons (Fsp3) is 0.300. The first-order chi connectivity index (χ1) is 13.1. The topological polar surface area (TPSA) is 48.5 Å². The average molecular weight is 401 g/mol. The summed E-state index contributed by atoms with van der Waals surface area (Å²) in [5.41, 5.74) is 3.16. The van der Waals surface area contributed by atoms with Crippen molar-refractivity contribution < 1.29 is 4.79 Å². The molecular formula is C20H21ClN4OS. The molecule has 2 amide bonds. The molecule has 0 aliphatic carbocycles. The number of halogens is 1. The van der Waals surface area contributed by atoms with Crippen molar-refractivity contribution in [1.29, 1.82) is 0 Å². The van der Waals surface area contributed by atoms with E-state index in [1.165, 1.54) is 10.3 Å². The van der Waals surface area contributed by atoms with Crippen LogP contribution in [0.15, 0.2) is 42.5 Å². The van der Waals surface area contributed by atoms with Gasteiger partial charge in [0.25, 0.3) is 0 Å². The summed E-state index contributed by atoms with van der Waals surface area (Å²) in [5, 5.41) is 4.63. The van der Waals surface area contributed by atoms with Crippen LogP contribution in [0.1, 0.15) is 12.5 Å². The zero-order valence-corrected chi connectivity index (χ0v) is 16.7. The van der Waals surface area contributed by atoms with Crippen LogP contribution in [0.5, 0.6) is 0 Å². The normalized spacial score (nSPS) is 14.6. The third kappa shape index (κ3) is 3.87. The highest BCUT2D eigenvalue weighted by atomic mass is 35.5. The van der Waals surface area contributed by atoms with Gasteiger partial charge in [0.15, 0.2) is 5.13 Å². The van der Waals surface area contributed by atoms with Crippen molar-refractivity contribution in [2.75, 3.05) is 36.4 Å². The Balaban J connectivity index is 1.40. The molecule has 1 aromatic heterocycles. The number of para-hydroxylation sites is 1. The summed E-state index contributed by atoms with van der Waals surface area (Å²) < 4.78 is 1.23. The van der Waals surface area contributed by atoms with E-state index in [9.17, 15) is 4.79 Å². The minimum Gasteiger partial charge on any atom is -0.345 e. The van der Waals surface area contributed by atoms with Crippen LogP contribution < -0.4 is 10.2 Å². The first kappa shape index (κ1) is 18.1. The maximum absolute atomic E-state index is 12.5. The van der Waals surface area contributed by atoms with Gasteiger partial charge in [-0.2, -0.15) is 0 Å². The van der Waals surface area contributed by atoms with Crippen LogP contribution in [0, 0.1) is 0 Å². The van der Waals surface area contributed by atoms with E-state index in [1.807, 2.05) is 17.0 Å². The van der Waals surface area contributed by atoms with E-state index in [-0.39, 0.29) is 6.03 Å². The van der Waals surface area contributed by atoms with Gasteiger partial charge in [0.05, 0.1) is 10.2 Å². The monoisotopic (exact) mass is 400 g/mol. The van der Waals surface area contributed by atoms with E-state index in [4.69, 9.17) is 16.6 Å². The van der Waals surface area contributed by atoms with Crippen LogP contribution >= 0.6 is 22.9 Å². The highest BCUT2D eigenvalue weighted by molar-refractivity contribution is 7.22. The van der Waals surface area contributed by atoms with E-state index in [2.05, 4.69) is 35.3 Å². The number of benzene rings is 2. The molecule has 0 unspecified atom stereocenters. The van der Waals surface area contributed by atoms with Crippen molar-refractivity contribution in [1.82, 2.24) is 9.88 Å². The van der Waals surface area contributed by atoms with Gasteiger partial charge in [-0.3, -0.25) is 0 Å². The number of rotatable bonds is 3. The zero-order valence-electron chi connectivity index (χ0n) is 15.1. The Bertz CT molecular complexity index is 948. The summed E-state index contributed by atoms with van der Waals surface area (Å²) >= 11 is 7.62. The standard InChI is InChI=1S/C20H21ClN4OS/c1-2-14-4-3-5-17-18(14)23-20(27-17)25-12-10-24(11-13-25)19(26)22-16-8-6-15(21)7-9-16/h3-9H,2,10-13H2,1H3,(H,22,26). The lowest BCUT2D eigenvalue weighted by Gasteiger charge is -2.34. The van der Waals surface area contributed by atoms with Gasteiger partial charge in [-0.25, -0.2) is 9.78 Å². The molecule has 27 heavy (non-hydrogen) atoms. The fourth-order valence-corrected chi connectivity index (χ4v) is 4.44. The second-order valence-corrected chi connectivity index (χ2v) is 7.97. The number of hydrogen-bond acceptors (Lipinski definition) is 4. The first-order valence-corrected chi connectivity index (χ1v) is 10.3. The quantitative estimate of drug-likeness (QED) is 0.682. The summed E-state index contributed by atoms with van der Waals surface area (Å²) in [5.74, 6) is 0. The Labute approximate surface area is 167 Å². The molecule has 2 heterocycles. The minimum absolute atomic E-state index is 0.0745. The molecule has 1 aliphatic heterocycles. The lowest BCUT2D eigenvalue weighted by molar-refractivity contribution is 0.208. The highest BCUT2D eigenvalue weighted by Crippen LogP contribution is 2.31. The maximum Gasteiger partial charge on any atom is 0.321 e. The van der Waals surface area contributed by atoms with Crippen molar-refractivity contribution in [3.63, 3.8) is 0 Å². The molecule has 0 radical (unpaired) electrons. The SMILES string of the molecule is CCc1cccc2sc(N3CCN(C(=O)Nc4ccc(Cl)cc4)CC3)nc12. The number of thiazole rings is 1. The van der Waals surface area contributed by atoms with Gasteiger partial charge < -0.3 is 15.1 Å². The highest BCUT2D eigenvalue weighted by Gasteiger charge is 2.23. The van der Waals surface area contributed by atoms with Gasteiger partial charge >= 0.3 is 6.03 Å². The summed E-state index contributed by atoms with van der Waals surface area (Å²) in [7, 11) is 0. The van der Waals surface area contributed by atoms with Crippen molar-refractivity contribution in [3.8, 4) is 0 Å². The molecule has 0 atom stereocenters. The van der Waals surface area contributed by atoms with E-state index in [0.29, 0.717) is 18.1 Å². The van der Waals surface area contributed by atoms with Crippen LogP contribution in [-0.2, 0) is 6.42 Å². The Morgan fingerprint density at radius 2 is 1.89 bits per heavy atom. The first-order valence-electron chi connectivity index (χ1n) is 9.09. The number of fused-ring (bicyclic) bond motifs is 1. The van der Waals surface area contributed by atoms with Gasteiger partial charge in [-0.05, 0) is 42.3 Å². The molecule has 0 saturated carbocycles. The van der Waals surface area contributed by atoms with E-state index in [0.717, 1.165) is 35.8 Å². The van der Waals surface area contributed by atoms with Crippen molar-refractivity contribution in [3.05, 3.63) is 53.1 Å². The van der Waals surface area contributed by atoms with Gasteiger partial charge in [-0.15, -0.1) is 0 Å². The predicted octanol–water partition coefficient (Wildman–Crippen LogP) is 4.87. The predicted molar refractivity (Wildman–Crippen MR) is 113 cm³/mol. The largest absolute Gasteiger partial charge is 0.345 e. The molecule has 1 aliphatic rings. The third-order valence-corrected chi connectivity index (χ3v) is 6.14. The van der Waals surface area contributed by atoms with Crippen LogP contribution in [0.25, 0.3) is 10.2 Å². The summed E-state index contributed by atoms with van der Waals surface area (Å²) in [6.45, 7) is 5.09. The number of hydrogen-bond donors (Lipinski definition) is 1. The van der Waals surface area contributed by atoms with Gasteiger partial charge in [-0.1, -0.05) is 42.0 Å². The van der Waals surface area contributed by atoms with Gasteiger partial charge in [0.2, 0.25) is 0 Å². The number of carbonyl (C=O) groups is 1. The van der Waals surface area contributed by atoms with E-state index >= 15 is 0 Å². The van der Waals surface area contributed by atoms with Crippen LogP contribution in [-0.4, -0.2) is 42.1 Å². The molecule has 1 saturated heterocycles. The lowest BCUT2D eigenvalue weighted by atomic mass is 10.1. The van der Waals surface area contributed by atoms with E-state index in [1.54, 1.807) is 23.5 Å². The summed E-state index contributed by atoms with van der Waals surface area (Å²) in [6.07, 6.45) is 0.985. The number of nitrogens with zero attached hydrogens (tertiary/aromatic N) is 3. The van der Waals surface area contributed by atoms with Crippen LogP contribution in [0.4, 0.5) is 15.6 Å². The molecule has 3 aromatic rings. The molecule has 140 valence electrons. The number of piperazine rings is 1. The van der Waals surface area contributed by atoms with Crippen molar-refractivity contribution in [2.24, 2.45) is 0 Å². The fourth-order valence-electron chi connectivity index (χ4n) is 3.25. The van der Waals surface area contributed by atoms with Gasteiger partial charge in [0, 0.05) is 36.9 Å². The second kappa shape index (κ2) is 7.74. The van der Waals surface area contributed by atoms with Crippen molar-refractivity contribution >= 4 is 50.0 Å². The number of carbonyl (C=O) groups excluding carboxylic acids is 1. The maximum atomic E-state index is 12.5. The number of amides is 2. The van der Waals surface area contributed by atoms with Crippen LogP contribution in [0.3, 0.4) is 0 Å². The summed E-state index contributed by atoms with van der Waals surface area (Å²) in [4.78, 5) is 21.5. The summed E-state index contributed by atoms with van der Waals surface area (Å²) in [6, 6.07) is 13.5. The lowest BCUT2D eigenvalue weighted by Crippen LogP contribution is -2.50.